The standard InChI is InChI=1S/C18H23N3O2S/c1-13-4-6-24-16(13)10-21-11-18(12-21)7-15(3-5-22-18)23-17-9-19-8-14(2)20-17/h4,6,8-9,15H,3,5,7,10-12H2,1-2H3. The third-order valence-electron chi connectivity index (χ3n) is 4.83. The third kappa shape index (κ3) is 3.31. The molecule has 2 aliphatic rings. The van der Waals surface area contributed by atoms with Gasteiger partial charge in [0.25, 0.3) is 0 Å². The molecular formula is C18H23N3O2S. The number of thiophene rings is 1. The molecule has 5 nitrogen and oxygen atoms in total. The first kappa shape index (κ1) is 16.0. The summed E-state index contributed by atoms with van der Waals surface area (Å²) in [6, 6.07) is 2.19. The van der Waals surface area contributed by atoms with Crippen LogP contribution >= 0.6 is 11.3 Å². The van der Waals surface area contributed by atoms with Crippen molar-refractivity contribution in [1.29, 1.82) is 0 Å². The van der Waals surface area contributed by atoms with Crippen LogP contribution in [0.1, 0.15) is 29.0 Å². The molecule has 0 aliphatic carbocycles. The molecule has 24 heavy (non-hydrogen) atoms. The fourth-order valence-corrected chi connectivity index (χ4v) is 4.57. The SMILES string of the molecule is Cc1cncc(OC2CCOC3(C2)CN(Cc2sccc2C)C3)n1. The van der Waals surface area contributed by atoms with Gasteiger partial charge in [0.05, 0.1) is 24.1 Å². The Labute approximate surface area is 146 Å². The first-order chi connectivity index (χ1) is 11.6. The number of aromatic nitrogens is 2. The highest BCUT2D eigenvalue weighted by Crippen LogP contribution is 2.36. The second-order valence-electron chi connectivity index (χ2n) is 6.93. The van der Waals surface area contributed by atoms with Gasteiger partial charge >= 0.3 is 0 Å². The number of nitrogens with zero attached hydrogens (tertiary/aromatic N) is 3. The minimum Gasteiger partial charge on any atom is -0.473 e. The highest BCUT2D eigenvalue weighted by atomic mass is 32.1. The monoisotopic (exact) mass is 345 g/mol. The third-order valence-corrected chi connectivity index (χ3v) is 5.83. The molecule has 1 atom stereocenters. The molecule has 1 spiro atoms. The van der Waals surface area contributed by atoms with Crippen molar-refractivity contribution in [3.63, 3.8) is 0 Å². The van der Waals surface area contributed by atoms with Gasteiger partial charge in [-0.05, 0) is 30.9 Å². The van der Waals surface area contributed by atoms with E-state index in [2.05, 4.69) is 33.2 Å². The van der Waals surface area contributed by atoms with Gasteiger partial charge in [0.15, 0.2) is 0 Å². The minimum absolute atomic E-state index is 0.0364. The Hall–Kier alpha value is -1.50. The average Bonchev–Trinajstić information content (AvgIpc) is 2.91. The van der Waals surface area contributed by atoms with E-state index in [1.54, 1.807) is 12.4 Å². The smallest absolute Gasteiger partial charge is 0.232 e. The molecule has 4 rings (SSSR count). The molecular weight excluding hydrogens is 322 g/mol. The van der Waals surface area contributed by atoms with Crippen LogP contribution < -0.4 is 4.74 Å². The second kappa shape index (κ2) is 6.43. The summed E-state index contributed by atoms with van der Waals surface area (Å²) in [6.07, 6.45) is 5.46. The van der Waals surface area contributed by atoms with Crippen LogP contribution in [0.4, 0.5) is 0 Å². The molecule has 0 aromatic carbocycles. The van der Waals surface area contributed by atoms with Gasteiger partial charge in [-0.15, -0.1) is 11.3 Å². The zero-order valence-corrected chi connectivity index (χ0v) is 15.0. The van der Waals surface area contributed by atoms with Crippen LogP contribution in [0.25, 0.3) is 0 Å². The van der Waals surface area contributed by atoms with Gasteiger partial charge in [0, 0.05) is 43.5 Å². The molecule has 2 fully saturated rings. The molecule has 0 bridgehead atoms. The summed E-state index contributed by atoms with van der Waals surface area (Å²) in [5.74, 6) is 0.627. The summed E-state index contributed by atoms with van der Waals surface area (Å²) in [6.45, 7) is 7.89. The van der Waals surface area contributed by atoms with Crippen LogP contribution in [0.2, 0.25) is 0 Å². The quantitative estimate of drug-likeness (QED) is 0.853. The maximum absolute atomic E-state index is 6.12. The van der Waals surface area contributed by atoms with E-state index in [0.717, 1.165) is 44.8 Å². The van der Waals surface area contributed by atoms with Crippen LogP contribution in [0.3, 0.4) is 0 Å². The molecule has 2 aromatic rings. The lowest BCUT2D eigenvalue weighted by molar-refractivity contribution is -0.188. The summed E-state index contributed by atoms with van der Waals surface area (Å²) in [4.78, 5) is 12.5. The fourth-order valence-electron chi connectivity index (χ4n) is 3.62. The Morgan fingerprint density at radius 2 is 2.25 bits per heavy atom. The first-order valence-corrected chi connectivity index (χ1v) is 9.34. The van der Waals surface area contributed by atoms with Gasteiger partial charge in [-0.1, -0.05) is 0 Å². The van der Waals surface area contributed by atoms with Crippen molar-refractivity contribution in [2.24, 2.45) is 0 Å². The molecule has 4 heterocycles. The predicted octanol–water partition coefficient (Wildman–Crippen LogP) is 2.97. The van der Waals surface area contributed by atoms with Crippen LogP contribution in [0.5, 0.6) is 5.88 Å². The Balaban J connectivity index is 1.33. The van der Waals surface area contributed by atoms with Gasteiger partial charge in [-0.3, -0.25) is 9.88 Å². The molecule has 0 radical (unpaired) electrons. The Kier molecular flexibility index (Phi) is 4.28. The maximum Gasteiger partial charge on any atom is 0.232 e. The van der Waals surface area contributed by atoms with E-state index in [9.17, 15) is 0 Å². The number of hydrogen-bond donors (Lipinski definition) is 0. The van der Waals surface area contributed by atoms with Crippen molar-refractivity contribution in [2.45, 2.75) is 44.9 Å². The summed E-state index contributed by atoms with van der Waals surface area (Å²) < 4.78 is 12.2. The molecule has 128 valence electrons. The van der Waals surface area contributed by atoms with E-state index < -0.39 is 0 Å². The largest absolute Gasteiger partial charge is 0.473 e. The summed E-state index contributed by atoms with van der Waals surface area (Å²) >= 11 is 1.84. The van der Waals surface area contributed by atoms with Gasteiger partial charge in [0.2, 0.25) is 5.88 Å². The van der Waals surface area contributed by atoms with E-state index in [4.69, 9.17) is 9.47 Å². The number of ether oxygens (including phenoxy) is 2. The van der Waals surface area contributed by atoms with Crippen molar-refractivity contribution < 1.29 is 9.47 Å². The van der Waals surface area contributed by atoms with E-state index in [1.807, 2.05) is 18.3 Å². The summed E-state index contributed by atoms with van der Waals surface area (Å²) in [7, 11) is 0. The number of hydrogen-bond acceptors (Lipinski definition) is 6. The van der Waals surface area contributed by atoms with Crippen LogP contribution in [0.15, 0.2) is 23.8 Å². The molecule has 2 aromatic heterocycles. The number of rotatable bonds is 4. The van der Waals surface area contributed by atoms with Gasteiger partial charge in [0.1, 0.15) is 6.10 Å². The lowest BCUT2D eigenvalue weighted by Gasteiger charge is -2.53. The van der Waals surface area contributed by atoms with E-state index >= 15 is 0 Å². The van der Waals surface area contributed by atoms with Crippen molar-refractivity contribution in [3.8, 4) is 5.88 Å². The molecule has 0 amide bonds. The number of likely N-dealkylation sites (tertiary alicyclic amines) is 1. The molecule has 2 saturated heterocycles. The Morgan fingerprint density at radius 1 is 1.38 bits per heavy atom. The summed E-state index contributed by atoms with van der Waals surface area (Å²) in [5.41, 5.74) is 2.24. The summed E-state index contributed by atoms with van der Waals surface area (Å²) in [5, 5.41) is 2.17. The van der Waals surface area contributed by atoms with E-state index in [-0.39, 0.29) is 11.7 Å². The first-order valence-electron chi connectivity index (χ1n) is 8.46. The van der Waals surface area contributed by atoms with Crippen LogP contribution in [-0.4, -0.2) is 46.3 Å². The molecule has 2 aliphatic heterocycles. The molecule has 0 N–H and O–H groups in total. The molecule has 1 unspecified atom stereocenters. The van der Waals surface area contributed by atoms with Gasteiger partial charge in [-0.25, -0.2) is 4.98 Å². The van der Waals surface area contributed by atoms with Gasteiger partial charge < -0.3 is 9.47 Å². The minimum atomic E-state index is -0.0364. The maximum atomic E-state index is 6.12. The normalized spacial score (nSPS) is 23.2. The molecule has 6 heteroatoms. The lowest BCUT2D eigenvalue weighted by Crippen LogP contribution is -2.65. The van der Waals surface area contributed by atoms with Crippen molar-refractivity contribution >= 4 is 11.3 Å². The van der Waals surface area contributed by atoms with Crippen molar-refractivity contribution in [1.82, 2.24) is 14.9 Å². The van der Waals surface area contributed by atoms with Crippen LogP contribution in [-0.2, 0) is 11.3 Å². The molecule has 0 saturated carbocycles. The fraction of sp³-hybridized carbons (Fsp3) is 0.556. The zero-order valence-electron chi connectivity index (χ0n) is 14.2. The second-order valence-corrected chi connectivity index (χ2v) is 7.94. The van der Waals surface area contributed by atoms with E-state index in [1.165, 1.54) is 10.4 Å². The van der Waals surface area contributed by atoms with Gasteiger partial charge in [-0.2, -0.15) is 0 Å². The highest BCUT2D eigenvalue weighted by Gasteiger charge is 2.48. The zero-order chi connectivity index (χ0) is 16.6. The van der Waals surface area contributed by atoms with Crippen molar-refractivity contribution in [2.75, 3.05) is 19.7 Å². The Bertz CT molecular complexity index is 712. The van der Waals surface area contributed by atoms with Crippen LogP contribution in [0, 0.1) is 13.8 Å². The lowest BCUT2D eigenvalue weighted by atomic mass is 9.84. The van der Waals surface area contributed by atoms with Crippen molar-refractivity contribution in [3.05, 3.63) is 40.0 Å². The highest BCUT2D eigenvalue weighted by molar-refractivity contribution is 7.10. The number of aryl methyl sites for hydroxylation is 2. The predicted molar refractivity (Wildman–Crippen MR) is 93.4 cm³/mol. The topological polar surface area (TPSA) is 47.5 Å². The Morgan fingerprint density at radius 3 is 3.00 bits per heavy atom. The van der Waals surface area contributed by atoms with E-state index in [0.29, 0.717) is 5.88 Å². The average molecular weight is 345 g/mol.